The molecule has 1 rings (SSSR count). The number of amides is 1. The van der Waals surface area contributed by atoms with Crippen molar-refractivity contribution in [2.24, 2.45) is 0 Å². The van der Waals surface area contributed by atoms with Crippen LogP contribution in [0.25, 0.3) is 0 Å². The van der Waals surface area contributed by atoms with E-state index in [9.17, 15) is 4.79 Å². The summed E-state index contributed by atoms with van der Waals surface area (Å²) in [7, 11) is 1.86. The third-order valence-electron chi connectivity index (χ3n) is 3.06. The summed E-state index contributed by atoms with van der Waals surface area (Å²) < 4.78 is 0. The van der Waals surface area contributed by atoms with Crippen molar-refractivity contribution in [3.05, 3.63) is 29.3 Å². The van der Waals surface area contributed by atoms with Crippen molar-refractivity contribution in [1.29, 1.82) is 0 Å². The molecule has 2 N–H and O–H groups in total. The van der Waals surface area contributed by atoms with Crippen LogP contribution in [0, 0.1) is 6.92 Å². The van der Waals surface area contributed by atoms with Crippen LogP contribution in [0.4, 0.5) is 5.69 Å². The van der Waals surface area contributed by atoms with Gasteiger partial charge in [0.05, 0.1) is 0 Å². The van der Waals surface area contributed by atoms with E-state index in [1.807, 2.05) is 31.8 Å². The highest BCUT2D eigenvalue weighted by Gasteiger charge is 2.17. The second-order valence-electron chi connectivity index (χ2n) is 4.50. The highest BCUT2D eigenvalue weighted by atomic mass is 32.2. The molecule has 1 aromatic rings. The summed E-state index contributed by atoms with van der Waals surface area (Å²) in [6.45, 7) is 6.12. The van der Waals surface area contributed by atoms with Gasteiger partial charge in [-0.05, 0) is 43.4 Å². The second-order valence-corrected chi connectivity index (χ2v) is 5.81. The second kappa shape index (κ2) is 6.69. The lowest BCUT2D eigenvalue weighted by Gasteiger charge is -2.25. The summed E-state index contributed by atoms with van der Waals surface area (Å²) in [6.07, 6.45) is 0. The molecule has 0 saturated heterocycles. The number of aryl methyl sites for hydroxylation is 1. The Labute approximate surface area is 114 Å². The molecule has 0 bridgehead atoms. The lowest BCUT2D eigenvalue weighted by molar-refractivity contribution is 0.0757. The van der Waals surface area contributed by atoms with Gasteiger partial charge in [-0.2, -0.15) is 11.8 Å². The van der Waals surface area contributed by atoms with Gasteiger partial charge in [-0.1, -0.05) is 6.92 Å². The van der Waals surface area contributed by atoms with Gasteiger partial charge < -0.3 is 10.6 Å². The standard InChI is InChI=1S/C14H22N2OS/c1-5-18-9-11(3)16(4)14(17)12-6-7-13(15)10(2)8-12/h6-8,11H,5,9,15H2,1-4H3/t11-/m1/s1. The SMILES string of the molecule is CCSC[C@@H](C)N(C)C(=O)c1ccc(N)c(C)c1. The number of anilines is 1. The summed E-state index contributed by atoms with van der Waals surface area (Å²) in [5, 5.41) is 0. The smallest absolute Gasteiger partial charge is 0.253 e. The number of nitrogens with zero attached hydrogens (tertiary/aromatic N) is 1. The molecule has 0 unspecified atom stereocenters. The minimum atomic E-state index is 0.0577. The lowest BCUT2D eigenvalue weighted by atomic mass is 10.1. The topological polar surface area (TPSA) is 46.3 Å². The number of rotatable bonds is 5. The highest BCUT2D eigenvalue weighted by Crippen LogP contribution is 2.16. The van der Waals surface area contributed by atoms with Crippen LogP contribution in [0.2, 0.25) is 0 Å². The van der Waals surface area contributed by atoms with Crippen LogP contribution in [0.15, 0.2) is 18.2 Å². The third kappa shape index (κ3) is 3.67. The Morgan fingerprint density at radius 2 is 2.17 bits per heavy atom. The summed E-state index contributed by atoms with van der Waals surface area (Å²) >= 11 is 1.85. The monoisotopic (exact) mass is 266 g/mol. The van der Waals surface area contributed by atoms with Gasteiger partial charge in [0.25, 0.3) is 5.91 Å². The molecule has 1 amide bonds. The van der Waals surface area contributed by atoms with Crippen molar-refractivity contribution in [3.8, 4) is 0 Å². The van der Waals surface area contributed by atoms with E-state index in [-0.39, 0.29) is 11.9 Å². The summed E-state index contributed by atoms with van der Waals surface area (Å²) in [4.78, 5) is 14.1. The molecule has 0 radical (unpaired) electrons. The van der Waals surface area contributed by atoms with Crippen molar-refractivity contribution in [2.75, 3.05) is 24.3 Å². The van der Waals surface area contributed by atoms with Gasteiger partial charge in [-0.25, -0.2) is 0 Å². The number of hydrogen-bond donors (Lipinski definition) is 1. The molecule has 0 aliphatic rings. The van der Waals surface area contributed by atoms with Gasteiger partial charge in [0.15, 0.2) is 0 Å². The molecular formula is C14H22N2OS. The number of thioether (sulfide) groups is 1. The average molecular weight is 266 g/mol. The molecule has 0 saturated carbocycles. The van der Waals surface area contributed by atoms with Crippen molar-refractivity contribution in [3.63, 3.8) is 0 Å². The van der Waals surface area contributed by atoms with Crippen molar-refractivity contribution < 1.29 is 4.79 Å². The van der Waals surface area contributed by atoms with E-state index in [2.05, 4.69) is 13.8 Å². The molecule has 0 aliphatic heterocycles. The number of nitrogens with two attached hydrogens (primary N) is 1. The van der Waals surface area contributed by atoms with Crippen LogP contribution in [-0.4, -0.2) is 35.4 Å². The molecule has 0 fully saturated rings. The zero-order valence-electron chi connectivity index (χ0n) is 11.6. The Bertz CT molecular complexity index is 420. The van der Waals surface area contributed by atoms with Crippen molar-refractivity contribution in [1.82, 2.24) is 4.90 Å². The first-order chi connectivity index (χ1) is 8.47. The first kappa shape index (κ1) is 14.9. The lowest BCUT2D eigenvalue weighted by Crippen LogP contribution is -2.36. The van der Waals surface area contributed by atoms with Gasteiger partial charge in [-0.3, -0.25) is 4.79 Å². The molecule has 0 heterocycles. The van der Waals surface area contributed by atoms with Crippen molar-refractivity contribution >= 4 is 23.4 Å². The summed E-state index contributed by atoms with van der Waals surface area (Å²) in [5.41, 5.74) is 8.14. The average Bonchev–Trinajstić information content (AvgIpc) is 2.37. The van der Waals surface area contributed by atoms with Gasteiger partial charge in [-0.15, -0.1) is 0 Å². The largest absolute Gasteiger partial charge is 0.399 e. The fourth-order valence-corrected chi connectivity index (χ4v) is 2.41. The Kier molecular flexibility index (Phi) is 5.54. The van der Waals surface area contributed by atoms with E-state index in [4.69, 9.17) is 5.73 Å². The fourth-order valence-electron chi connectivity index (χ4n) is 1.61. The number of carbonyl (C=O) groups is 1. The van der Waals surface area contributed by atoms with Crippen molar-refractivity contribution in [2.45, 2.75) is 26.8 Å². The Morgan fingerprint density at radius 3 is 2.72 bits per heavy atom. The molecule has 1 aromatic carbocycles. The zero-order valence-corrected chi connectivity index (χ0v) is 12.4. The van der Waals surface area contributed by atoms with E-state index in [0.717, 1.165) is 22.8 Å². The fraction of sp³-hybridized carbons (Fsp3) is 0.500. The minimum absolute atomic E-state index is 0.0577. The number of hydrogen-bond acceptors (Lipinski definition) is 3. The maximum atomic E-state index is 12.3. The molecule has 100 valence electrons. The molecule has 0 aromatic heterocycles. The van der Waals surface area contributed by atoms with Crippen LogP contribution in [0.3, 0.4) is 0 Å². The van der Waals surface area contributed by atoms with Crippen LogP contribution in [-0.2, 0) is 0 Å². The molecule has 18 heavy (non-hydrogen) atoms. The van der Waals surface area contributed by atoms with Crippen LogP contribution in [0.1, 0.15) is 29.8 Å². The van der Waals surface area contributed by atoms with E-state index in [0.29, 0.717) is 5.56 Å². The maximum Gasteiger partial charge on any atom is 0.253 e. The van der Waals surface area contributed by atoms with Crippen LogP contribution in [0.5, 0.6) is 0 Å². The Balaban J connectivity index is 2.76. The first-order valence-corrected chi connectivity index (χ1v) is 7.33. The number of nitrogen functional groups attached to an aromatic ring is 1. The predicted molar refractivity (Wildman–Crippen MR) is 80.1 cm³/mol. The maximum absolute atomic E-state index is 12.3. The molecule has 0 spiro atoms. The number of benzene rings is 1. The van der Waals surface area contributed by atoms with E-state index >= 15 is 0 Å². The zero-order chi connectivity index (χ0) is 13.7. The molecular weight excluding hydrogens is 244 g/mol. The molecule has 0 aliphatic carbocycles. The van der Waals surface area contributed by atoms with Gasteiger partial charge >= 0.3 is 0 Å². The van der Waals surface area contributed by atoms with Crippen LogP contribution < -0.4 is 5.73 Å². The Hall–Kier alpha value is -1.16. The first-order valence-electron chi connectivity index (χ1n) is 6.18. The Morgan fingerprint density at radius 1 is 1.50 bits per heavy atom. The van der Waals surface area contributed by atoms with Crippen LogP contribution >= 0.6 is 11.8 Å². The van der Waals surface area contributed by atoms with Gasteiger partial charge in [0.1, 0.15) is 0 Å². The molecule has 4 heteroatoms. The number of carbonyl (C=O) groups excluding carboxylic acids is 1. The normalized spacial score (nSPS) is 12.2. The summed E-state index contributed by atoms with van der Waals surface area (Å²) in [6, 6.07) is 5.68. The molecule has 3 nitrogen and oxygen atoms in total. The van der Waals surface area contributed by atoms with E-state index in [1.54, 1.807) is 17.0 Å². The summed E-state index contributed by atoms with van der Waals surface area (Å²) in [5.74, 6) is 2.10. The predicted octanol–water partition coefficient (Wildman–Crippen LogP) is 2.79. The van der Waals surface area contributed by atoms with Gasteiger partial charge in [0, 0.05) is 30.1 Å². The molecule has 1 atom stereocenters. The van der Waals surface area contributed by atoms with Gasteiger partial charge in [0.2, 0.25) is 0 Å². The van der Waals surface area contributed by atoms with E-state index in [1.165, 1.54) is 0 Å². The minimum Gasteiger partial charge on any atom is -0.399 e. The van der Waals surface area contributed by atoms with E-state index < -0.39 is 0 Å². The highest BCUT2D eigenvalue weighted by molar-refractivity contribution is 7.99. The quantitative estimate of drug-likeness (QED) is 0.834. The third-order valence-corrected chi connectivity index (χ3v) is 4.19.